The number of anilines is 2. The highest BCUT2D eigenvalue weighted by molar-refractivity contribution is 5.99. The van der Waals surface area contributed by atoms with Gasteiger partial charge in [0.05, 0.1) is 11.4 Å². The largest absolute Gasteiger partial charge is 0.370 e. The van der Waals surface area contributed by atoms with Gasteiger partial charge in [-0.3, -0.25) is 9.59 Å². The number of carbonyl (C=O) groups excluding carboxylic acids is 2. The van der Waals surface area contributed by atoms with Gasteiger partial charge in [-0.2, -0.15) is 0 Å². The van der Waals surface area contributed by atoms with Crippen LogP contribution in [0.1, 0.15) is 48.0 Å². The second-order valence-corrected chi connectivity index (χ2v) is 7.91. The maximum Gasteiger partial charge on any atom is 0.248 e. The van der Waals surface area contributed by atoms with Crippen LogP contribution in [0.4, 0.5) is 11.4 Å². The van der Waals surface area contributed by atoms with Gasteiger partial charge in [-0.05, 0) is 61.9 Å². The van der Waals surface area contributed by atoms with Gasteiger partial charge in [-0.1, -0.05) is 18.2 Å². The summed E-state index contributed by atoms with van der Waals surface area (Å²) in [4.78, 5) is 29.8. The van der Waals surface area contributed by atoms with Crippen molar-refractivity contribution in [2.45, 2.75) is 38.5 Å². The summed E-state index contributed by atoms with van der Waals surface area (Å²) in [5, 5.41) is 4.23. The Bertz CT molecular complexity index is 1050. The Morgan fingerprint density at radius 2 is 1.87 bits per heavy atom. The number of nitrogens with two attached hydrogens (primary N) is 1. The van der Waals surface area contributed by atoms with Crippen LogP contribution in [0.2, 0.25) is 0 Å². The van der Waals surface area contributed by atoms with E-state index in [9.17, 15) is 9.59 Å². The summed E-state index contributed by atoms with van der Waals surface area (Å²) < 4.78 is 0. The van der Waals surface area contributed by atoms with Gasteiger partial charge < -0.3 is 20.9 Å². The lowest BCUT2D eigenvalue weighted by atomic mass is 10.1. The van der Waals surface area contributed by atoms with Crippen molar-refractivity contribution in [3.8, 4) is 0 Å². The van der Waals surface area contributed by atoms with Crippen LogP contribution in [0.25, 0.3) is 10.9 Å². The lowest BCUT2D eigenvalue weighted by Crippen LogP contribution is -2.30. The Balaban J connectivity index is 1.42. The van der Waals surface area contributed by atoms with E-state index < -0.39 is 5.91 Å². The second-order valence-electron chi connectivity index (χ2n) is 7.91. The smallest absolute Gasteiger partial charge is 0.248 e. The fraction of sp³-hybridized carbons (Fsp3) is 0.333. The molecule has 4 N–H and O–H groups in total. The predicted molar refractivity (Wildman–Crippen MR) is 121 cm³/mol. The Morgan fingerprint density at radius 1 is 1.07 bits per heavy atom. The molecule has 1 aromatic heterocycles. The van der Waals surface area contributed by atoms with E-state index in [4.69, 9.17) is 5.73 Å². The maximum absolute atomic E-state index is 12.7. The summed E-state index contributed by atoms with van der Waals surface area (Å²) in [7, 11) is 0. The van der Waals surface area contributed by atoms with E-state index in [0.717, 1.165) is 50.0 Å². The molecule has 6 nitrogen and oxygen atoms in total. The molecule has 0 radical (unpaired) electrons. The fourth-order valence-electron chi connectivity index (χ4n) is 4.19. The van der Waals surface area contributed by atoms with Gasteiger partial charge in [0.2, 0.25) is 11.8 Å². The summed E-state index contributed by atoms with van der Waals surface area (Å²) in [6.45, 7) is 1.92. The number of primary amides is 1. The van der Waals surface area contributed by atoms with Crippen LogP contribution in [0.3, 0.4) is 0 Å². The number of nitrogens with one attached hydrogen (secondary N) is 2. The number of hydrogen-bond acceptors (Lipinski definition) is 3. The summed E-state index contributed by atoms with van der Waals surface area (Å²) in [5.41, 5.74) is 9.84. The van der Waals surface area contributed by atoms with Crippen molar-refractivity contribution in [2.24, 2.45) is 5.73 Å². The number of aromatic nitrogens is 1. The molecule has 0 spiro atoms. The Morgan fingerprint density at radius 3 is 2.67 bits per heavy atom. The van der Waals surface area contributed by atoms with Gasteiger partial charge in [0.15, 0.2) is 0 Å². The highest BCUT2D eigenvalue weighted by atomic mass is 16.2. The van der Waals surface area contributed by atoms with Gasteiger partial charge in [-0.25, -0.2) is 0 Å². The average Bonchev–Trinajstić information content (AvgIpc) is 3.17. The van der Waals surface area contributed by atoms with E-state index in [-0.39, 0.29) is 5.91 Å². The summed E-state index contributed by atoms with van der Waals surface area (Å²) in [6.07, 6.45) is 7.52. The van der Waals surface area contributed by atoms with Crippen LogP contribution in [0, 0.1) is 0 Å². The molecule has 2 amide bonds. The highest BCUT2D eigenvalue weighted by Gasteiger charge is 2.17. The third-order valence-corrected chi connectivity index (χ3v) is 5.78. The molecule has 0 atom stereocenters. The van der Waals surface area contributed by atoms with E-state index in [0.29, 0.717) is 17.7 Å². The van der Waals surface area contributed by atoms with Gasteiger partial charge >= 0.3 is 0 Å². The Kier molecular flexibility index (Phi) is 6.02. The molecule has 3 aromatic rings. The molecule has 4 rings (SSSR count). The average molecular weight is 405 g/mol. The normalized spacial score (nSPS) is 14.1. The van der Waals surface area contributed by atoms with Crippen LogP contribution < -0.4 is 16.0 Å². The molecule has 0 aliphatic carbocycles. The number of aromatic amines is 1. The molecule has 6 heteroatoms. The predicted octanol–water partition coefficient (Wildman–Crippen LogP) is 4.22. The zero-order valence-electron chi connectivity index (χ0n) is 17.1. The molecular weight excluding hydrogens is 376 g/mol. The number of rotatable bonds is 7. The molecule has 30 heavy (non-hydrogen) atoms. The van der Waals surface area contributed by atoms with Crippen molar-refractivity contribution in [1.82, 2.24) is 4.98 Å². The molecule has 2 heterocycles. The first-order chi connectivity index (χ1) is 14.6. The minimum Gasteiger partial charge on any atom is -0.370 e. The SMILES string of the molecule is NC(=O)c1ccc(N2CCCCC2)c(NC(=O)CCCc2c[nH]c3ccccc23)c1. The van der Waals surface area contributed by atoms with Crippen molar-refractivity contribution >= 4 is 34.1 Å². The van der Waals surface area contributed by atoms with Crippen molar-refractivity contribution < 1.29 is 9.59 Å². The van der Waals surface area contributed by atoms with Gasteiger partial charge in [0.1, 0.15) is 0 Å². The van der Waals surface area contributed by atoms with Crippen LogP contribution in [-0.4, -0.2) is 29.9 Å². The topological polar surface area (TPSA) is 91.2 Å². The zero-order valence-corrected chi connectivity index (χ0v) is 17.1. The highest BCUT2D eigenvalue weighted by Crippen LogP contribution is 2.30. The number of nitrogens with zero attached hydrogens (tertiary/aromatic N) is 1. The zero-order chi connectivity index (χ0) is 20.9. The lowest BCUT2D eigenvalue weighted by Gasteiger charge is -2.30. The van der Waals surface area contributed by atoms with E-state index in [1.807, 2.05) is 24.4 Å². The first-order valence-corrected chi connectivity index (χ1v) is 10.7. The Hall–Kier alpha value is -3.28. The molecule has 156 valence electrons. The molecule has 1 aliphatic rings. The van der Waals surface area contributed by atoms with Crippen LogP contribution in [-0.2, 0) is 11.2 Å². The molecule has 2 aromatic carbocycles. The number of piperidine rings is 1. The van der Waals surface area contributed by atoms with Crippen molar-refractivity contribution in [2.75, 3.05) is 23.3 Å². The van der Waals surface area contributed by atoms with Crippen molar-refractivity contribution in [3.05, 3.63) is 59.8 Å². The number of benzene rings is 2. The minimum atomic E-state index is -0.491. The van der Waals surface area contributed by atoms with Crippen LogP contribution in [0.5, 0.6) is 0 Å². The molecule has 1 aliphatic heterocycles. The quantitative estimate of drug-likeness (QED) is 0.551. The first-order valence-electron chi connectivity index (χ1n) is 10.7. The van der Waals surface area contributed by atoms with Gasteiger partial charge in [0.25, 0.3) is 0 Å². The van der Waals surface area contributed by atoms with E-state index >= 15 is 0 Å². The maximum atomic E-state index is 12.7. The minimum absolute atomic E-state index is 0.0466. The summed E-state index contributed by atoms with van der Waals surface area (Å²) in [5.74, 6) is -0.537. The van der Waals surface area contributed by atoms with E-state index in [2.05, 4.69) is 27.3 Å². The number of amides is 2. The number of fused-ring (bicyclic) bond motifs is 1. The van der Waals surface area contributed by atoms with Crippen LogP contribution >= 0.6 is 0 Å². The first kappa shape index (κ1) is 20.0. The standard InChI is InChI=1S/C24H28N4O2/c25-24(30)17-11-12-22(28-13-4-1-5-14-28)21(15-17)27-23(29)10-6-7-18-16-26-20-9-3-2-8-19(18)20/h2-3,8-9,11-12,15-16,26H,1,4-7,10,13-14H2,(H2,25,30)(H,27,29). The summed E-state index contributed by atoms with van der Waals surface area (Å²) in [6, 6.07) is 13.5. The van der Waals surface area contributed by atoms with Gasteiger partial charge in [0, 0.05) is 42.2 Å². The van der Waals surface area contributed by atoms with Crippen molar-refractivity contribution in [3.63, 3.8) is 0 Å². The fourth-order valence-corrected chi connectivity index (χ4v) is 4.19. The molecule has 1 fully saturated rings. The molecule has 1 saturated heterocycles. The van der Waals surface area contributed by atoms with E-state index in [1.165, 1.54) is 17.4 Å². The molecule has 0 saturated carbocycles. The molecule has 0 unspecified atom stereocenters. The number of carbonyl (C=O) groups is 2. The number of para-hydroxylation sites is 1. The second kappa shape index (κ2) is 9.03. The van der Waals surface area contributed by atoms with Crippen molar-refractivity contribution in [1.29, 1.82) is 0 Å². The third-order valence-electron chi connectivity index (χ3n) is 5.78. The Labute approximate surface area is 176 Å². The third kappa shape index (κ3) is 4.48. The number of hydrogen-bond donors (Lipinski definition) is 3. The monoisotopic (exact) mass is 404 g/mol. The molecule has 0 bridgehead atoms. The number of aryl methyl sites for hydroxylation is 1. The van der Waals surface area contributed by atoms with Crippen LogP contribution in [0.15, 0.2) is 48.7 Å². The summed E-state index contributed by atoms with van der Waals surface area (Å²) >= 11 is 0. The van der Waals surface area contributed by atoms with E-state index in [1.54, 1.807) is 12.1 Å². The lowest BCUT2D eigenvalue weighted by molar-refractivity contribution is -0.116. The molecular formula is C24H28N4O2. The number of H-pyrrole nitrogens is 1. The van der Waals surface area contributed by atoms with Gasteiger partial charge in [-0.15, -0.1) is 0 Å².